The summed E-state index contributed by atoms with van der Waals surface area (Å²) in [6, 6.07) is 5.61. The lowest BCUT2D eigenvalue weighted by atomic mass is 10.1. The van der Waals surface area contributed by atoms with Crippen LogP contribution in [0.4, 0.5) is 0 Å². The Bertz CT molecular complexity index is 590. The molecule has 0 aliphatic heterocycles. The van der Waals surface area contributed by atoms with Gasteiger partial charge in [0.1, 0.15) is 5.75 Å². The molecule has 0 radical (unpaired) electrons. The van der Waals surface area contributed by atoms with Crippen LogP contribution < -0.4 is 0 Å². The summed E-state index contributed by atoms with van der Waals surface area (Å²) in [6.45, 7) is 3.72. The fraction of sp³-hybridized carbons (Fsp3) is 0.471. The van der Waals surface area contributed by atoms with Crippen LogP contribution in [0.15, 0.2) is 41.8 Å². The van der Waals surface area contributed by atoms with Gasteiger partial charge in [0.05, 0.1) is 17.3 Å². The molecule has 1 aromatic carbocycles. The van der Waals surface area contributed by atoms with Crippen molar-refractivity contribution in [1.29, 1.82) is 0 Å². The van der Waals surface area contributed by atoms with E-state index >= 15 is 0 Å². The molecular weight excluding hydrogens is 316 g/mol. The summed E-state index contributed by atoms with van der Waals surface area (Å²) in [6.07, 6.45) is 6.33. The molecule has 23 heavy (non-hydrogen) atoms. The first-order chi connectivity index (χ1) is 11.0. The quantitative estimate of drug-likeness (QED) is 0.380. The van der Waals surface area contributed by atoms with Crippen LogP contribution in [0.5, 0.6) is 5.75 Å². The highest BCUT2D eigenvalue weighted by Crippen LogP contribution is 2.17. The van der Waals surface area contributed by atoms with Crippen LogP contribution in [0, 0.1) is 0 Å². The lowest BCUT2D eigenvalue weighted by Gasteiger charge is -2.05. The molecule has 0 aliphatic rings. The molecular formula is C17H24O5S. The third kappa shape index (κ3) is 7.83. The van der Waals surface area contributed by atoms with Crippen LogP contribution in [0.2, 0.25) is 0 Å². The Hall–Kier alpha value is -1.82. The summed E-state index contributed by atoms with van der Waals surface area (Å²) in [5, 5.41) is 9.17. The first kappa shape index (κ1) is 19.2. The maximum absolute atomic E-state index is 12.1. The summed E-state index contributed by atoms with van der Waals surface area (Å²) in [7, 11) is -3.27. The third-order valence-corrected chi connectivity index (χ3v) is 5.23. The van der Waals surface area contributed by atoms with Crippen LogP contribution in [0.25, 0.3) is 0 Å². The summed E-state index contributed by atoms with van der Waals surface area (Å²) < 4.78 is 29.0. The van der Waals surface area contributed by atoms with Gasteiger partial charge in [0, 0.05) is 6.08 Å². The number of aromatic hydroxyl groups is 1. The minimum Gasteiger partial charge on any atom is -0.508 e. The zero-order valence-electron chi connectivity index (χ0n) is 13.2. The van der Waals surface area contributed by atoms with Crippen molar-refractivity contribution < 1.29 is 23.1 Å². The molecule has 0 saturated carbocycles. The Morgan fingerprint density at radius 1 is 1.04 bits per heavy atom. The van der Waals surface area contributed by atoms with Gasteiger partial charge in [-0.25, -0.2) is 13.2 Å². The molecule has 0 heterocycles. The van der Waals surface area contributed by atoms with E-state index in [0.29, 0.717) is 13.0 Å². The number of rotatable bonds is 11. The average molecular weight is 340 g/mol. The van der Waals surface area contributed by atoms with Gasteiger partial charge in [-0.1, -0.05) is 32.3 Å². The molecule has 0 spiro atoms. The number of carbonyl (C=O) groups is 1. The van der Waals surface area contributed by atoms with Gasteiger partial charge in [-0.05, 0) is 37.1 Å². The van der Waals surface area contributed by atoms with E-state index in [2.05, 4.69) is 6.58 Å². The van der Waals surface area contributed by atoms with E-state index in [1.165, 1.54) is 24.3 Å². The predicted octanol–water partition coefficient (Wildman–Crippen LogP) is 3.24. The van der Waals surface area contributed by atoms with Gasteiger partial charge in [0.25, 0.3) is 0 Å². The van der Waals surface area contributed by atoms with Crippen LogP contribution in [0.1, 0.15) is 38.5 Å². The van der Waals surface area contributed by atoms with Gasteiger partial charge >= 0.3 is 5.97 Å². The van der Waals surface area contributed by atoms with E-state index in [4.69, 9.17) is 4.74 Å². The molecule has 1 rings (SSSR count). The molecule has 0 unspecified atom stereocenters. The van der Waals surface area contributed by atoms with Gasteiger partial charge < -0.3 is 9.84 Å². The SMILES string of the molecule is C=CC(=O)OCCCCCCCCS(=O)(=O)c1ccc(O)cc1. The summed E-state index contributed by atoms with van der Waals surface area (Å²) in [4.78, 5) is 11.1. The fourth-order valence-corrected chi connectivity index (χ4v) is 3.47. The van der Waals surface area contributed by atoms with Gasteiger partial charge in [-0.3, -0.25) is 0 Å². The maximum atomic E-state index is 12.1. The number of sulfone groups is 1. The second-order valence-electron chi connectivity index (χ2n) is 5.31. The van der Waals surface area contributed by atoms with Crippen molar-refractivity contribution in [1.82, 2.24) is 0 Å². The van der Waals surface area contributed by atoms with Crippen molar-refractivity contribution >= 4 is 15.8 Å². The zero-order valence-corrected chi connectivity index (χ0v) is 14.1. The predicted molar refractivity (Wildman–Crippen MR) is 89.0 cm³/mol. The van der Waals surface area contributed by atoms with Crippen LogP contribution >= 0.6 is 0 Å². The van der Waals surface area contributed by atoms with Crippen molar-refractivity contribution in [2.24, 2.45) is 0 Å². The molecule has 0 atom stereocenters. The smallest absolute Gasteiger partial charge is 0.330 e. The molecule has 0 bridgehead atoms. The van der Waals surface area contributed by atoms with Crippen LogP contribution in [0.3, 0.4) is 0 Å². The van der Waals surface area contributed by atoms with Crippen molar-refractivity contribution in [3.63, 3.8) is 0 Å². The summed E-state index contributed by atoms with van der Waals surface area (Å²) >= 11 is 0. The summed E-state index contributed by atoms with van der Waals surface area (Å²) in [5.41, 5.74) is 0. The number of phenols is 1. The highest BCUT2D eigenvalue weighted by molar-refractivity contribution is 7.91. The topological polar surface area (TPSA) is 80.7 Å². The largest absolute Gasteiger partial charge is 0.508 e. The molecule has 0 aliphatic carbocycles. The second kappa shape index (κ2) is 10.0. The number of unbranched alkanes of at least 4 members (excludes halogenated alkanes) is 5. The average Bonchev–Trinajstić information content (AvgIpc) is 2.53. The molecule has 0 aromatic heterocycles. The van der Waals surface area contributed by atoms with E-state index < -0.39 is 15.8 Å². The molecule has 1 aromatic rings. The van der Waals surface area contributed by atoms with E-state index in [9.17, 15) is 18.3 Å². The Morgan fingerprint density at radius 3 is 2.22 bits per heavy atom. The number of benzene rings is 1. The standard InChI is InChI=1S/C17H24O5S/c1-2-17(19)22-13-7-5-3-4-6-8-14-23(20,21)16-11-9-15(18)10-12-16/h2,9-12,18H,1,3-8,13-14H2. The Kier molecular flexibility index (Phi) is 8.40. The van der Waals surface area contributed by atoms with Crippen molar-refractivity contribution in [3.8, 4) is 5.75 Å². The van der Waals surface area contributed by atoms with E-state index in [0.717, 1.165) is 38.2 Å². The minimum atomic E-state index is -3.27. The van der Waals surface area contributed by atoms with Gasteiger partial charge in [0.15, 0.2) is 9.84 Å². The first-order valence-corrected chi connectivity index (χ1v) is 9.42. The van der Waals surface area contributed by atoms with E-state index in [1.807, 2.05) is 0 Å². The highest BCUT2D eigenvalue weighted by atomic mass is 32.2. The number of esters is 1. The van der Waals surface area contributed by atoms with Crippen molar-refractivity contribution in [3.05, 3.63) is 36.9 Å². The highest BCUT2D eigenvalue weighted by Gasteiger charge is 2.13. The fourth-order valence-electron chi connectivity index (χ4n) is 2.10. The van der Waals surface area contributed by atoms with Gasteiger partial charge in [-0.2, -0.15) is 0 Å². The lowest BCUT2D eigenvalue weighted by molar-refractivity contribution is -0.137. The molecule has 6 heteroatoms. The zero-order chi connectivity index (χ0) is 17.1. The van der Waals surface area contributed by atoms with E-state index in [1.54, 1.807) is 0 Å². The number of phenolic OH excluding ortho intramolecular Hbond substituents is 1. The van der Waals surface area contributed by atoms with Gasteiger partial charge in [0.2, 0.25) is 0 Å². The molecule has 1 N–H and O–H groups in total. The molecule has 0 fully saturated rings. The molecule has 0 saturated heterocycles. The second-order valence-corrected chi connectivity index (χ2v) is 7.41. The molecule has 5 nitrogen and oxygen atoms in total. The third-order valence-electron chi connectivity index (χ3n) is 3.41. The van der Waals surface area contributed by atoms with Crippen LogP contribution in [-0.4, -0.2) is 31.9 Å². The summed E-state index contributed by atoms with van der Waals surface area (Å²) in [5.74, 6) is -0.221. The molecule has 128 valence electrons. The monoisotopic (exact) mass is 340 g/mol. The Morgan fingerprint density at radius 2 is 1.61 bits per heavy atom. The first-order valence-electron chi connectivity index (χ1n) is 7.76. The van der Waals surface area contributed by atoms with Gasteiger partial charge in [-0.15, -0.1) is 0 Å². The Balaban J connectivity index is 2.11. The van der Waals surface area contributed by atoms with Crippen molar-refractivity contribution in [2.45, 2.75) is 43.4 Å². The number of ether oxygens (including phenoxy) is 1. The normalized spacial score (nSPS) is 11.1. The molecule has 0 amide bonds. The minimum absolute atomic E-state index is 0.0581. The lowest BCUT2D eigenvalue weighted by Crippen LogP contribution is -2.06. The van der Waals surface area contributed by atoms with Crippen molar-refractivity contribution in [2.75, 3.05) is 12.4 Å². The number of hydrogen-bond acceptors (Lipinski definition) is 5. The number of hydrogen-bond donors (Lipinski definition) is 1. The Labute approximate surface area is 137 Å². The number of carbonyl (C=O) groups excluding carboxylic acids is 1. The maximum Gasteiger partial charge on any atom is 0.330 e. The van der Waals surface area contributed by atoms with E-state index in [-0.39, 0.29) is 16.4 Å². The van der Waals surface area contributed by atoms with Crippen LogP contribution in [-0.2, 0) is 19.4 Å².